The van der Waals surface area contributed by atoms with Gasteiger partial charge in [-0.25, -0.2) is 0 Å². The second-order valence-corrected chi connectivity index (χ2v) is 54.1. The van der Waals surface area contributed by atoms with Crippen molar-refractivity contribution in [2.75, 3.05) is 19.6 Å². The van der Waals surface area contributed by atoms with Gasteiger partial charge in [0.05, 0.1) is 22.7 Å². The zero-order chi connectivity index (χ0) is 104. The fourth-order valence-electron chi connectivity index (χ4n) is 21.0. The zero-order valence-corrected chi connectivity index (χ0v) is 94.5. The van der Waals surface area contributed by atoms with Crippen LogP contribution in [-0.2, 0) is 65.0 Å². The molecule has 0 N–H and O–H groups in total. The van der Waals surface area contributed by atoms with Crippen LogP contribution in [0, 0.1) is 41.5 Å². The fourth-order valence-corrected chi connectivity index (χ4v) is 21.0. The van der Waals surface area contributed by atoms with Gasteiger partial charge in [0.25, 0.3) is 0 Å². The Morgan fingerprint density at radius 1 is 0.148 bits per heavy atom. The minimum absolute atomic E-state index is 0.0986. The molecule has 0 aliphatic carbocycles. The van der Waals surface area contributed by atoms with Gasteiger partial charge >= 0.3 is 0 Å². The van der Waals surface area contributed by atoms with Crippen LogP contribution in [0.2, 0.25) is 0 Å². The van der Waals surface area contributed by atoms with Crippen LogP contribution in [0.3, 0.4) is 0 Å². The Bertz CT molecular complexity index is 7370. The third kappa shape index (κ3) is 20.4. The highest BCUT2D eigenvalue weighted by atomic mass is 15.2. The Morgan fingerprint density at radius 3 is 0.437 bits per heavy atom. The van der Waals surface area contributed by atoms with Crippen molar-refractivity contribution >= 4 is 133 Å². The highest BCUT2D eigenvalue weighted by Gasteiger charge is 2.38. The highest BCUT2D eigenvalue weighted by molar-refractivity contribution is 6.26. The summed E-state index contributed by atoms with van der Waals surface area (Å²) in [6.07, 6.45) is 1.84. The zero-order valence-electron chi connectivity index (χ0n) is 94.5. The second kappa shape index (κ2) is 36.2. The number of anilines is 12. The van der Waals surface area contributed by atoms with Crippen LogP contribution in [0.5, 0.6) is 0 Å². The van der Waals surface area contributed by atoms with E-state index in [1.54, 1.807) is 0 Å². The van der Waals surface area contributed by atoms with Gasteiger partial charge in [0.15, 0.2) is 0 Å². The molecule has 0 aromatic heterocycles. The van der Waals surface area contributed by atoms with Crippen LogP contribution in [0.25, 0.3) is 64.6 Å². The first-order valence-electron chi connectivity index (χ1n) is 52.7. The van der Waals surface area contributed by atoms with Crippen molar-refractivity contribution in [2.45, 2.75) is 355 Å². The van der Waals surface area contributed by atoms with Gasteiger partial charge in [0.2, 0.25) is 0 Å². The van der Waals surface area contributed by atoms with Gasteiger partial charge in [-0.15, -0.1) is 0 Å². The summed E-state index contributed by atoms with van der Waals surface area (Å²) < 4.78 is 0. The first-order chi connectivity index (χ1) is 65.6. The maximum atomic E-state index is 2.69. The minimum Gasteiger partial charge on any atom is -0.310 e. The van der Waals surface area contributed by atoms with Crippen LogP contribution >= 0.6 is 0 Å². The predicted molar refractivity (Wildman–Crippen MR) is 627 cm³/mol. The minimum atomic E-state index is -0.326. The molecule has 0 unspecified atom stereocenters. The maximum absolute atomic E-state index is 2.69. The molecule has 0 atom stereocenters. The molecule has 0 aliphatic rings. The van der Waals surface area contributed by atoms with Crippen molar-refractivity contribution in [1.82, 2.24) is 0 Å². The maximum Gasteiger partial charge on any atom is 0.0546 e. The number of aryl methyl sites for hydroxylation is 4. The molecule has 16 aromatic carbocycles. The summed E-state index contributed by atoms with van der Waals surface area (Å²) in [5, 5.41) is 14.5. The molecule has 0 fully saturated rings. The van der Waals surface area contributed by atoms with Crippen molar-refractivity contribution in [3.05, 3.63) is 355 Å². The highest BCUT2D eigenvalue weighted by Crippen LogP contribution is 2.56. The van der Waals surface area contributed by atoms with Gasteiger partial charge in [-0.1, -0.05) is 369 Å². The lowest BCUT2D eigenvalue weighted by Gasteiger charge is -2.37. The largest absolute Gasteiger partial charge is 0.310 e. The van der Waals surface area contributed by atoms with Crippen LogP contribution in [0.15, 0.2) is 255 Å². The van der Waals surface area contributed by atoms with Crippen molar-refractivity contribution < 1.29 is 0 Å². The number of rotatable bonds is 17. The van der Waals surface area contributed by atoms with E-state index in [0.29, 0.717) is 0 Å². The fraction of sp³-hybridized carbons (Fsp3) is 0.391. The van der Waals surface area contributed by atoms with E-state index < -0.39 is 0 Å². The Kier molecular flexibility index (Phi) is 26.3. The standard InChI is InChI=1S/C138H166N4/c1-85-59-103(60-86(2)89(85)5)139(105-69-91(127(7,8)9)63-92(70-105)128(10,11)12)123-81-119-112-50-42-46-54-116(112)124(82-120(119)111-49-41-45-53-115(111)123)140(104-61-87(3)90(6)88(4)62-104)109-77-99(135(31,32)33)67-101(79-109)137(37,38)57-58-138(39,40)102-68-100(136(34,35)36)78-110(80-102)142(108-75-97(133(25,26)27)66-98(76-108)134(28,29)30)126-84-122-113-51-43-47-55-117(113)125(83-121(122)114-52-44-48-56-118(114)126)141(106-71-93(129(13,14)15)64-94(72-106)130(16,17)18)107-73-95(131(19,20)21)65-96(74-107)132(22,23)24/h41-56,59-84H,57-58H2,1-40H3. The molecular formula is C138H166N4. The topological polar surface area (TPSA) is 13.0 Å². The van der Waals surface area contributed by atoms with Gasteiger partial charge < -0.3 is 19.6 Å². The summed E-state index contributed by atoms with van der Waals surface area (Å²) in [7, 11) is 0. The van der Waals surface area contributed by atoms with E-state index >= 15 is 0 Å². The smallest absolute Gasteiger partial charge is 0.0546 e. The number of fused-ring (bicyclic) bond motifs is 10. The molecular weight excluding hydrogens is 1710 g/mol. The average Bonchev–Trinajstić information content (AvgIpc) is 0.720. The third-order valence-corrected chi connectivity index (χ3v) is 31.6. The Balaban J connectivity index is 0.878. The average molecular weight is 1880 g/mol. The van der Waals surface area contributed by atoms with E-state index in [0.717, 1.165) is 64.0 Å². The summed E-state index contributed by atoms with van der Waals surface area (Å²) in [6.45, 7) is 95.2. The van der Waals surface area contributed by atoms with Crippen LogP contribution in [0.1, 0.15) is 348 Å². The van der Waals surface area contributed by atoms with Gasteiger partial charge in [-0.3, -0.25) is 0 Å². The molecule has 0 heterocycles. The summed E-state index contributed by atoms with van der Waals surface area (Å²) in [6, 6.07) is 103. The summed E-state index contributed by atoms with van der Waals surface area (Å²) in [5.74, 6) is 0. The van der Waals surface area contributed by atoms with E-state index in [2.05, 4.69) is 551 Å². The van der Waals surface area contributed by atoms with E-state index in [1.807, 2.05) is 0 Å². The van der Waals surface area contributed by atoms with Gasteiger partial charge in [-0.05, 0) is 384 Å². The van der Waals surface area contributed by atoms with E-state index in [1.165, 1.54) is 182 Å². The van der Waals surface area contributed by atoms with E-state index in [4.69, 9.17) is 0 Å². The van der Waals surface area contributed by atoms with Crippen molar-refractivity contribution in [2.24, 2.45) is 0 Å². The van der Waals surface area contributed by atoms with Crippen LogP contribution in [-0.4, -0.2) is 0 Å². The number of hydrogen-bond donors (Lipinski definition) is 0. The van der Waals surface area contributed by atoms with E-state index in [-0.39, 0.29) is 65.0 Å². The van der Waals surface area contributed by atoms with Crippen LogP contribution in [0.4, 0.5) is 68.2 Å². The molecule has 16 rings (SSSR count). The lowest BCUT2D eigenvalue weighted by Crippen LogP contribution is -2.26. The predicted octanol–water partition coefficient (Wildman–Crippen LogP) is 41.3. The van der Waals surface area contributed by atoms with Crippen molar-refractivity contribution in [3.8, 4) is 0 Å². The molecule has 0 aliphatic heterocycles. The van der Waals surface area contributed by atoms with Crippen molar-refractivity contribution in [1.29, 1.82) is 0 Å². The first kappa shape index (κ1) is 103. The Hall–Kier alpha value is -11.7. The molecule has 738 valence electrons. The van der Waals surface area contributed by atoms with E-state index in [9.17, 15) is 0 Å². The Morgan fingerprint density at radius 2 is 0.282 bits per heavy atom. The van der Waals surface area contributed by atoms with Crippen LogP contribution < -0.4 is 19.6 Å². The molecule has 4 nitrogen and oxygen atoms in total. The molecule has 0 radical (unpaired) electrons. The number of benzene rings is 16. The Labute approximate surface area is 856 Å². The van der Waals surface area contributed by atoms with Gasteiger partial charge in [0, 0.05) is 67.0 Å². The monoisotopic (exact) mass is 1880 g/mol. The summed E-state index contributed by atoms with van der Waals surface area (Å²) >= 11 is 0. The lowest BCUT2D eigenvalue weighted by atomic mass is 9.71. The molecule has 4 heteroatoms. The molecule has 142 heavy (non-hydrogen) atoms. The van der Waals surface area contributed by atoms with Gasteiger partial charge in [0.1, 0.15) is 0 Å². The first-order valence-corrected chi connectivity index (χ1v) is 52.7. The second-order valence-electron chi connectivity index (χ2n) is 54.1. The molecule has 0 amide bonds. The third-order valence-electron chi connectivity index (χ3n) is 31.6. The number of nitrogens with zero attached hydrogens (tertiary/aromatic N) is 4. The summed E-state index contributed by atoms with van der Waals surface area (Å²) in [5.41, 5.74) is 35.3. The van der Waals surface area contributed by atoms with Gasteiger partial charge in [-0.2, -0.15) is 0 Å². The summed E-state index contributed by atoms with van der Waals surface area (Å²) in [4.78, 5) is 10.6. The number of hydrogen-bond acceptors (Lipinski definition) is 4. The normalized spacial score (nSPS) is 13.3. The molecule has 0 spiro atoms. The quantitative estimate of drug-likeness (QED) is 0.0843. The van der Waals surface area contributed by atoms with Crippen molar-refractivity contribution in [3.63, 3.8) is 0 Å². The SMILES string of the molecule is Cc1cc(N(c2cc(C(C)(C)C)cc(C(C)(C)C)c2)c2cc3c4ccccc4c(N(c4cc(C(C)(C)C)cc(C(C)(C)CCC(C)(C)c5cc(N(c6cc(C(C)(C)C)cc(C(C)(C)C)c6)c6cc7c8ccccc8c(N(c8cc(C(C)(C)C)cc(C(C)(C)C)c8)c8cc(C(C)(C)C)cc(C(C)(C)C)c8)cc7c7ccccc67)cc(C(C)(C)C)c5)c4)c4cc(C)c(C)c(C)c4)cc3c3ccccc23)cc(C)c1C. The molecule has 0 saturated heterocycles. The molecule has 0 bridgehead atoms. The lowest BCUT2D eigenvalue weighted by molar-refractivity contribution is 0.374. The molecule has 0 saturated carbocycles. The molecule has 16 aromatic rings.